The van der Waals surface area contributed by atoms with Crippen molar-refractivity contribution < 1.29 is 4.39 Å². The van der Waals surface area contributed by atoms with Crippen molar-refractivity contribution in [3.63, 3.8) is 0 Å². The topological polar surface area (TPSA) is 12.0 Å². The largest absolute Gasteiger partial charge is 0.310 e. The van der Waals surface area contributed by atoms with Crippen LogP contribution in [0, 0.1) is 12.7 Å². The van der Waals surface area contributed by atoms with Crippen LogP contribution in [0.25, 0.3) is 0 Å². The number of aryl methyl sites for hydroxylation is 2. The van der Waals surface area contributed by atoms with Crippen LogP contribution >= 0.6 is 11.3 Å². The van der Waals surface area contributed by atoms with Crippen LogP contribution in [-0.2, 0) is 6.42 Å². The second-order valence-electron chi connectivity index (χ2n) is 4.73. The Labute approximate surface area is 118 Å². The molecule has 1 heterocycles. The number of halogens is 1. The van der Waals surface area contributed by atoms with Gasteiger partial charge in [0.2, 0.25) is 0 Å². The first-order chi connectivity index (χ1) is 9.20. The van der Waals surface area contributed by atoms with E-state index < -0.39 is 0 Å². The fraction of sp³-hybridized carbons (Fsp3) is 0.375. The van der Waals surface area contributed by atoms with Gasteiger partial charge in [-0.2, -0.15) is 0 Å². The van der Waals surface area contributed by atoms with Crippen LogP contribution in [0.4, 0.5) is 4.39 Å². The molecule has 3 heteroatoms. The van der Waals surface area contributed by atoms with Crippen molar-refractivity contribution in [2.75, 3.05) is 6.54 Å². The number of benzene rings is 1. The Kier molecular flexibility index (Phi) is 5.11. The molecule has 0 saturated carbocycles. The molecule has 0 bridgehead atoms. The van der Waals surface area contributed by atoms with Crippen molar-refractivity contribution in [2.24, 2.45) is 0 Å². The monoisotopic (exact) mass is 277 g/mol. The zero-order chi connectivity index (χ0) is 13.7. The maximum absolute atomic E-state index is 13.2. The zero-order valence-corrected chi connectivity index (χ0v) is 12.3. The summed E-state index contributed by atoms with van der Waals surface area (Å²) in [5, 5.41) is 5.62. The minimum atomic E-state index is -0.158. The molecule has 0 amide bonds. The molecule has 0 aliphatic heterocycles. The van der Waals surface area contributed by atoms with Crippen LogP contribution in [0.1, 0.15) is 35.4 Å². The highest BCUT2D eigenvalue weighted by Gasteiger charge is 2.13. The Hall–Kier alpha value is -1.19. The zero-order valence-electron chi connectivity index (χ0n) is 11.4. The minimum Gasteiger partial charge on any atom is -0.310 e. The minimum absolute atomic E-state index is 0.158. The third-order valence-electron chi connectivity index (χ3n) is 3.32. The molecule has 0 fully saturated rings. The summed E-state index contributed by atoms with van der Waals surface area (Å²) in [4.78, 5) is 1.41. The van der Waals surface area contributed by atoms with E-state index in [4.69, 9.17) is 0 Å². The van der Waals surface area contributed by atoms with Gasteiger partial charge in [0.15, 0.2) is 0 Å². The van der Waals surface area contributed by atoms with Gasteiger partial charge in [0, 0.05) is 10.9 Å². The van der Waals surface area contributed by atoms with E-state index in [9.17, 15) is 4.39 Å². The van der Waals surface area contributed by atoms with Gasteiger partial charge < -0.3 is 5.32 Å². The number of nitrogens with one attached hydrogen (secondary N) is 1. The second kappa shape index (κ2) is 6.83. The molecule has 0 aliphatic carbocycles. The van der Waals surface area contributed by atoms with E-state index in [0.29, 0.717) is 6.04 Å². The lowest BCUT2D eigenvalue weighted by atomic mass is 9.97. The van der Waals surface area contributed by atoms with Gasteiger partial charge >= 0.3 is 0 Å². The average molecular weight is 277 g/mol. The lowest BCUT2D eigenvalue weighted by Crippen LogP contribution is -2.22. The summed E-state index contributed by atoms with van der Waals surface area (Å²) in [6.45, 7) is 5.01. The van der Waals surface area contributed by atoms with Crippen molar-refractivity contribution in [3.8, 4) is 0 Å². The molecule has 1 unspecified atom stereocenters. The van der Waals surface area contributed by atoms with Crippen LogP contribution in [0.15, 0.2) is 35.7 Å². The number of thiophene rings is 1. The third-order valence-corrected chi connectivity index (χ3v) is 4.25. The van der Waals surface area contributed by atoms with Gasteiger partial charge in [-0.15, -0.1) is 11.3 Å². The molecule has 0 radical (unpaired) electrons. The lowest BCUT2D eigenvalue weighted by molar-refractivity contribution is 0.513. The summed E-state index contributed by atoms with van der Waals surface area (Å²) in [5.41, 5.74) is 2.23. The maximum Gasteiger partial charge on any atom is 0.123 e. The van der Waals surface area contributed by atoms with Gasteiger partial charge in [0.1, 0.15) is 5.82 Å². The normalized spacial score (nSPS) is 12.6. The highest BCUT2D eigenvalue weighted by atomic mass is 32.1. The van der Waals surface area contributed by atoms with Gasteiger partial charge in [0.25, 0.3) is 0 Å². The van der Waals surface area contributed by atoms with Crippen LogP contribution < -0.4 is 5.32 Å². The molecular formula is C16H20FNS. The van der Waals surface area contributed by atoms with Crippen LogP contribution in [0.2, 0.25) is 0 Å². The van der Waals surface area contributed by atoms with E-state index in [2.05, 4.69) is 29.8 Å². The summed E-state index contributed by atoms with van der Waals surface area (Å²) >= 11 is 1.80. The summed E-state index contributed by atoms with van der Waals surface area (Å²) in [6, 6.07) is 9.64. The summed E-state index contributed by atoms with van der Waals surface area (Å²) in [7, 11) is 0. The van der Waals surface area contributed by atoms with Crippen LogP contribution in [0.5, 0.6) is 0 Å². The Morgan fingerprint density at radius 3 is 2.79 bits per heavy atom. The molecule has 1 nitrogen and oxygen atoms in total. The van der Waals surface area contributed by atoms with Gasteiger partial charge in [-0.3, -0.25) is 0 Å². The van der Waals surface area contributed by atoms with Crippen molar-refractivity contribution in [1.29, 1.82) is 0 Å². The molecule has 1 N–H and O–H groups in total. The van der Waals surface area contributed by atoms with Gasteiger partial charge in [-0.1, -0.05) is 19.1 Å². The number of rotatable bonds is 6. The molecule has 1 aromatic heterocycles. The molecule has 0 aliphatic rings. The smallest absolute Gasteiger partial charge is 0.123 e. The number of hydrogen-bond donors (Lipinski definition) is 1. The first-order valence-corrected chi connectivity index (χ1v) is 7.60. The molecule has 0 saturated heterocycles. The van der Waals surface area contributed by atoms with Crippen LogP contribution in [0.3, 0.4) is 0 Å². The molecule has 19 heavy (non-hydrogen) atoms. The van der Waals surface area contributed by atoms with E-state index in [0.717, 1.165) is 24.9 Å². The standard InChI is InChI=1S/C16H20FNS/c1-3-18-16(9-7-14-5-4-10-19-14)15-8-6-13(17)11-12(15)2/h4-6,8,10-11,16,18H,3,7,9H2,1-2H3. The molecule has 2 aromatic rings. The first kappa shape index (κ1) is 14.2. The van der Waals surface area contributed by atoms with Crippen molar-refractivity contribution in [3.05, 3.63) is 57.5 Å². The van der Waals surface area contributed by atoms with Crippen molar-refractivity contribution in [2.45, 2.75) is 32.7 Å². The van der Waals surface area contributed by atoms with Gasteiger partial charge in [0.05, 0.1) is 0 Å². The maximum atomic E-state index is 13.2. The summed E-state index contributed by atoms with van der Waals surface area (Å²) in [5.74, 6) is -0.158. The SMILES string of the molecule is CCNC(CCc1cccs1)c1ccc(F)cc1C. The fourth-order valence-electron chi connectivity index (χ4n) is 2.39. The molecule has 0 spiro atoms. The Morgan fingerprint density at radius 1 is 1.32 bits per heavy atom. The Balaban J connectivity index is 2.10. The van der Waals surface area contributed by atoms with E-state index in [1.807, 2.05) is 13.0 Å². The van der Waals surface area contributed by atoms with Crippen molar-refractivity contribution >= 4 is 11.3 Å². The molecule has 2 rings (SSSR count). The van der Waals surface area contributed by atoms with Crippen LogP contribution in [-0.4, -0.2) is 6.54 Å². The Bertz CT molecular complexity index is 507. The lowest BCUT2D eigenvalue weighted by Gasteiger charge is -2.20. The number of hydrogen-bond acceptors (Lipinski definition) is 2. The summed E-state index contributed by atoms with van der Waals surface area (Å²) < 4.78 is 13.2. The quantitative estimate of drug-likeness (QED) is 0.821. The molecular weight excluding hydrogens is 257 g/mol. The highest BCUT2D eigenvalue weighted by molar-refractivity contribution is 7.09. The molecule has 102 valence electrons. The van der Waals surface area contributed by atoms with Gasteiger partial charge in [-0.25, -0.2) is 4.39 Å². The Morgan fingerprint density at radius 2 is 2.16 bits per heavy atom. The second-order valence-corrected chi connectivity index (χ2v) is 5.76. The predicted octanol–water partition coefficient (Wildman–Crippen LogP) is 4.48. The van der Waals surface area contributed by atoms with E-state index in [1.54, 1.807) is 23.5 Å². The van der Waals surface area contributed by atoms with Crippen molar-refractivity contribution in [1.82, 2.24) is 5.32 Å². The summed E-state index contributed by atoms with van der Waals surface area (Å²) in [6.07, 6.45) is 2.10. The van der Waals surface area contributed by atoms with E-state index in [-0.39, 0.29) is 5.82 Å². The molecule has 1 aromatic carbocycles. The average Bonchev–Trinajstić information content (AvgIpc) is 2.88. The molecule has 1 atom stereocenters. The predicted molar refractivity (Wildman–Crippen MR) is 80.2 cm³/mol. The van der Waals surface area contributed by atoms with Gasteiger partial charge in [-0.05, 0) is 61.0 Å². The highest BCUT2D eigenvalue weighted by Crippen LogP contribution is 2.24. The van der Waals surface area contributed by atoms with E-state index in [1.165, 1.54) is 10.4 Å². The third kappa shape index (κ3) is 3.88. The fourth-order valence-corrected chi connectivity index (χ4v) is 3.11. The van der Waals surface area contributed by atoms with E-state index >= 15 is 0 Å². The first-order valence-electron chi connectivity index (χ1n) is 6.72.